The first kappa shape index (κ1) is 18.3. The van der Waals surface area contributed by atoms with E-state index in [-0.39, 0.29) is 11.9 Å². The van der Waals surface area contributed by atoms with Gasteiger partial charge in [-0.15, -0.1) is 0 Å². The maximum absolute atomic E-state index is 12.1. The second-order valence-corrected chi connectivity index (χ2v) is 6.74. The topological polar surface area (TPSA) is 79.3 Å². The summed E-state index contributed by atoms with van der Waals surface area (Å²) >= 11 is 5.81. The molecule has 1 aromatic carbocycles. The maximum Gasteiger partial charge on any atom is 0.319 e. The van der Waals surface area contributed by atoms with Crippen molar-refractivity contribution in [2.75, 3.05) is 23.3 Å². The quantitative estimate of drug-likeness (QED) is 0.761. The Morgan fingerprint density at radius 1 is 1.38 bits per heavy atom. The molecule has 0 bridgehead atoms. The molecule has 3 amide bonds. The van der Waals surface area contributed by atoms with Crippen LogP contribution in [0.25, 0.3) is 0 Å². The summed E-state index contributed by atoms with van der Waals surface area (Å²) in [5.41, 5.74) is 2.55. The number of carbonyl (C=O) groups excluding carboxylic acids is 2. The van der Waals surface area contributed by atoms with Crippen LogP contribution in [-0.2, 0) is 11.3 Å². The summed E-state index contributed by atoms with van der Waals surface area (Å²) in [6, 6.07) is 5.33. The van der Waals surface area contributed by atoms with Crippen molar-refractivity contribution in [3.05, 3.63) is 41.2 Å². The van der Waals surface area contributed by atoms with Gasteiger partial charge in [0.2, 0.25) is 5.91 Å². The highest BCUT2D eigenvalue weighted by atomic mass is 35.5. The Labute approximate surface area is 157 Å². The van der Waals surface area contributed by atoms with Gasteiger partial charge in [0.25, 0.3) is 0 Å². The fourth-order valence-corrected chi connectivity index (χ4v) is 3.12. The molecule has 7 nitrogen and oxygen atoms in total. The number of hydrogen-bond acceptors (Lipinski definition) is 3. The summed E-state index contributed by atoms with van der Waals surface area (Å²) in [6.45, 7) is 3.89. The minimum atomic E-state index is -0.272. The number of halogens is 1. The highest BCUT2D eigenvalue weighted by Crippen LogP contribution is 2.28. The first-order valence-corrected chi connectivity index (χ1v) is 9.04. The monoisotopic (exact) mass is 375 g/mol. The molecule has 0 unspecified atom stereocenters. The number of anilines is 2. The summed E-state index contributed by atoms with van der Waals surface area (Å²) < 4.78 is 1.74. The summed E-state index contributed by atoms with van der Waals surface area (Å²) in [5, 5.41) is 10.3. The average Bonchev–Trinajstić information content (AvgIpc) is 3.22. The zero-order valence-corrected chi connectivity index (χ0v) is 15.4. The van der Waals surface area contributed by atoms with Crippen molar-refractivity contribution in [1.82, 2.24) is 15.1 Å². The van der Waals surface area contributed by atoms with Crippen LogP contribution in [0.5, 0.6) is 0 Å². The van der Waals surface area contributed by atoms with E-state index in [0.29, 0.717) is 30.2 Å². The molecule has 0 aliphatic carbocycles. The van der Waals surface area contributed by atoms with Crippen LogP contribution >= 0.6 is 11.6 Å². The van der Waals surface area contributed by atoms with E-state index in [4.69, 9.17) is 11.6 Å². The van der Waals surface area contributed by atoms with E-state index in [9.17, 15) is 9.59 Å². The standard InChI is InChI=1S/C18H22ClN5O2/c1-13-5-6-15(10-16(13)24-9-2-4-17(24)25)22-18(26)20-7-3-8-23-12-14(19)11-21-23/h5-6,10-12H,2-4,7-9H2,1H3,(H2,20,22,26). The molecule has 0 saturated carbocycles. The zero-order chi connectivity index (χ0) is 18.5. The summed E-state index contributed by atoms with van der Waals surface area (Å²) in [6.07, 6.45) is 5.53. The smallest absolute Gasteiger partial charge is 0.319 e. The van der Waals surface area contributed by atoms with E-state index in [1.165, 1.54) is 0 Å². The lowest BCUT2D eigenvalue weighted by Crippen LogP contribution is -2.30. The number of hydrogen-bond donors (Lipinski definition) is 2. The molecule has 0 atom stereocenters. The molecule has 1 fully saturated rings. The summed E-state index contributed by atoms with van der Waals surface area (Å²) in [7, 11) is 0. The Morgan fingerprint density at radius 2 is 2.23 bits per heavy atom. The van der Waals surface area contributed by atoms with Crippen molar-refractivity contribution in [2.24, 2.45) is 0 Å². The largest absolute Gasteiger partial charge is 0.338 e. The second kappa shape index (κ2) is 8.23. The second-order valence-electron chi connectivity index (χ2n) is 6.31. The molecule has 2 heterocycles. The van der Waals surface area contributed by atoms with Crippen LogP contribution in [0.3, 0.4) is 0 Å². The fourth-order valence-electron chi connectivity index (χ4n) is 2.96. The first-order chi connectivity index (χ1) is 12.5. The zero-order valence-electron chi connectivity index (χ0n) is 14.7. The fraction of sp³-hybridized carbons (Fsp3) is 0.389. The van der Waals surface area contributed by atoms with Crippen LogP contribution in [0.4, 0.5) is 16.2 Å². The van der Waals surface area contributed by atoms with Crippen molar-refractivity contribution in [1.29, 1.82) is 0 Å². The predicted molar refractivity (Wildman–Crippen MR) is 102 cm³/mol. The molecule has 138 valence electrons. The lowest BCUT2D eigenvalue weighted by Gasteiger charge is -2.19. The number of amides is 3. The van der Waals surface area contributed by atoms with Gasteiger partial charge in [0, 0.05) is 43.6 Å². The van der Waals surface area contributed by atoms with E-state index < -0.39 is 0 Å². The van der Waals surface area contributed by atoms with Gasteiger partial charge in [-0.2, -0.15) is 5.10 Å². The number of carbonyl (C=O) groups is 2. The predicted octanol–water partition coefficient (Wildman–Crippen LogP) is 3.18. The van der Waals surface area contributed by atoms with Gasteiger partial charge in [-0.3, -0.25) is 9.48 Å². The molecule has 2 N–H and O–H groups in total. The van der Waals surface area contributed by atoms with Crippen molar-refractivity contribution in [2.45, 2.75) is 32.7 Å². The highest BCUT2D eigenvalue weighted by Gasteiger charge is 2.23. The van der Waals surface area contributed by atoms with Crippen LogP contribution in [-0.4, -0.2) is 34.8 Å². The molecule has 0 spiro atoms. The van der Waals surface area contributed by atoms with E-state index in [1.807, 2.05) is 25.1 Å². The number of benzene rings is 1. The van der Waals surface area contributed by atoms with Crippen LogP contribution in [0.1, 0.15) is 24.8 Å². The molecule has 1 aliphatic rings. The van der Waals surface area contributed by atoms with E-state index >= 15 is 0 Å². The SMILES string of the molecule is Cc1ccc(NC(=O)NCCCn2cc(Cl)cn2)cc1N1CCCC1=O. The molecular weight excluding hydrogens is 354 g/mol. The van der Waals surface area contributed by atoms with Crippen LogP contribution in [0, 0.1) is 6.92 Å². The number of aryl methyl sites for hydroxylation is 2. The van der Waals surface area contributed by atoms with Crippen LogP contribution in [0.15, 0.2) is 30.6 Å². The third-order valence-electron chi connectivity index (χ3n) is 4.28. The van der Waals surface area contributed by atoms with E-state index in [2.05, 4.69) is 15.7 Å². The highest BCUT2D eigenvalue weighted by molar-refractivity contribution is 6.30. The van der Waals surface area contributed by atoms with Gasteiger partial charge in [0.1, 0.15) is 0 Å². The third kappa shape index (κ3) is 4.54. The molecule has 1 aromatic heterocycles. The van der Waals surface area contributed by atoms with Crippen molar-refractivity contribution < 1.29 is 9.59 Å². The average molecular weight is 376 g/mol. The van der Waals surface area contributed by atoms with Gasteiger partial charge in [-0.1, -0.05) is 17.7 Å². The molecule has 26 heavy (non-hydrogen) atoms. The van der Waals surface area contributed by atoms with Gasteiger partial charge in [0.15, 0.2) is 0 Å². The van der Waals surface area contributed by atoms with Gasteiger partial charge >= 0.3 is 6.03 Å². The van der Waals surface area contributed by atoms with Crippen molar-refractivity contribution in [3.8, 4) is 0 Å². The Morgan fingerprint density at radius 3 is 2.92 bits per heavy atom. The molecule has 2 aromatic rings. The Bertz CT molecular complexity index is 805. The minimum Gasteiger partial charge on any atom is -0.338 e. The summed E-state index contributed by atoms with van der Waals surface area (Å²) in [4.78, 5) is 25.8. The number of nitrogens with one attached hydrogen (secondary N) is 2. The molecule has 8 heteroatoms. The Balaban J connectivity index is 1.50. The number of aromatic nitrogens is 2. The lowest BCUT2D eigenvalue weighted by atomic mass is 10.1. The Hall–Kier alpha value is -2.54. The van der Waals surface area contributed by atoms with Crippen LogP contribution < -0.4 is 15.5 Å². The van der Waals surface area contributed by atoms with Gasteiger partial charge in [-0.25, -0.2) is 4.79 Å². The van der Waals surface area contributed by atoms with Crippen LogP contribution in [0.2, 0.25) is 5.02 Å². The number of rotatable bonds is 6. The minimum absolute atomic E-state index is 0.133. The van der Waals surface area contributed by atoms with Crippen molar-refractivity contribution >= 4 is 34.9 Å². The van der Waals surface area contributed by atoms with E-state index in [0.717, 1.165) is 30.6 Å². The summed E-state index contributed by atoms with van der Waals surface area (Å²) in [5.74, 6) is 0.133. The lowest BCUT2D eigenvalue weighted by molar-refractivity contribution is -0.117. The van der Waals surface area contributed by atoms with E-state index in [1.54, 1.807) is 22.0 Å². The van der Waals surface area contributed by atoms with Crippen molar-refractivity contribution in [3.63, 3.8) is 0 Å². The normalized spacial score (nSPS) is 13.9. The molecule has 1 aliphatic heterocycles. The number of urea groups is 1. The number of nitrogens with zero attached hydrogens (tertiary/aromatic N) is 3. The first-order valence-electron chi connectivity index (χ1n) is 8.67. The maximum atomic E-state index is 12.1. The molecule has 1 saturated heterocycles. The Kier molecular flexibility index (Phi) is 5.78. The van der Waals surface area contributed by atoms with Gasteiger partial charge in [0.05, 0.1) is 11.2 Å². The molecule has 3 rings (SSSR count). The van der Waals surface area contributed by atoms with Gasteiger partial charge in [-0.05, 0) is 37.5 Å². The van der Waals surface area contributed by atoms with Gasteiger partial charge < -0.3 is 15.5 Å². The third-order valence-corrected chi connectivity index (χ3v) is 4.48. The molecular formula is C18H22ClN5O2. The molecule has 0 radical (unpaired) electrons.